The van der Waals surface area contributed by atoms with E-state index in [-0.39, 0.29) is 19.5 Å². The SMILES string of the molecule is Cc1cc(C)c(-c2c3cc(C)ccc3[n+](-c3ccccc3)c3ccc(C)cc23)c(C)c1.Cc1cc(C)c(-c2c3ccc(C)cc3[n+](-c3ccccc3)c3cc(C(C)(C)C)ccc23)c(C)c1.Cc1cc(C)c(-c2c3ccccc3[n+](-c3ccccc3)c3ccccc23)c(C)c1.FB(F)F.FB(F)F.FB(F)F.[F-].[F-].[F-]. The van der Waals surface area contributed by atoms with Gasteiger partial charge in [0.1, 0.15) is 0 Å². The lowest BCUT2D eigenvalue weighted by Gasteiger charge is -2.21. The van der Waals surface area contributed by atoms with E-state index in [0.717, 1.165) is 0 Å². The van der Waals surface area contributed by atoms with Crippen molar-refractivity contribution in [2.75, 3.05) is 0 Å². The molecule has 0 unspecified atom stereocenters. The van der Waals surface area contributed by atoms with Crippen LogP contribution in [0.5, 0.6) is 0 Å². The highest BCUT2D eigenvalue weighted by atomic mass is 19.4. The number of halogens is 12. The molecular weight excluding hydrogens is 1400 g/mol. The van der Waals surface area contributed by atoms with E-state index < -0.39 is 22.6 Å². The molecule has 109 heavy (non-hydrogen) atoms. The van der Waals surface area contributed by atoms with Crippen molar-refractivity contribution in [1.82, 2.24) is 0 Å². The van der Waals surface area contributed by atoms with E-state index in [1.807, 2.05) is 0 Å². The third-order valence-corrected chi connectivity index (χ3v) is 19.0. The molecule has 3 aromatic heterocycles. The van der Waals surface area contributed by atoms with Gasteiger partial charge in [-0.1, -0.05) is 188 Å². The number of pyridine rings is 3. The lowest BCUT2D eigenvalue weighted by Crippen LogP contribution is -3.00. The number of para-hydroxylation sites is 5. The normalized spacial score (nSPS) is 10.7. The fourth-order valence-electron chi connectivity index (χ4n) is 15.2. The second-order valence-corrected chi connectivity index (χ2v) is 28.3. The van der Waals surface area contributed by atoms with E-state index in [1.54, 1.807) is 0 Å². The minimum atomic E-state index is -3.67. The first kappa shape index (κ1) is 85.3. The van der Waals surface area contributed by atoms with Crippen molar-refractivity contribution in [2.45, 2.75) is 109 Å². The van der Waals surface area contributed by atoms with Crippen LogP contribution in [0.3, 0.4) is 0 Å². The molecule has 558 valence electrons. The van der Waals surface area contributed by atoms with Crippen LogP contribution in [0.25, 0.3) is 116 Å². The van der Waals surface area contributed by atoms with Gasteiger partial charge in [-0.05, 0) is 186 Å². The van der Waals surface area contributed by atoms with Gasteiger partial charge in [0.05, 0.1) is 32.3 Å². The number of nitrogens with zero attached hydrogens (tertiary/aromatic N) is 3. The first-order valence-electron chi connectivity index (χ1n) is 35.3. The second-order valence-electron chi connectivity index (χ2n) is 28.3. The summed E-state index contributed by atoms with van der Waals surface area (Å²) in [5.41, 5.74) is 36.3. The summed E-state index contributed by atoms with van der Waals surface area (Å²) in [6.45, 7) is 33.5. The Morgan fingerprint density at radius 3 is 0.780 bits per heavy atom. The monoisotopic (exact) mass is 1480 g/mol. The van der Waals surface area contributed by atoms with E-state index in [2.05, 4.69) is 366 Å². The predicted molar refractivity (Wildman–Crippen MR) is 428 cm³/mol. The molecule has 0 aliphatic heterocycles. The van der Waals surface area contributed by atoms with Crippen LogP contribution in [-0.2, 0) is 5.41 Å². The maximum Gasteiger partial charge on any atom is 0.762 e. The summed E-state index contributed by atoms with van der Waals surface area (Å²) in [7, 11) is -11.0. The standard InChI is InChI=1S/C33H34N.C30H28N.C28H24N.3BF3.3FH/c1-21-13-15-27-29(19-21)34(26-11-9-8-10-12-26)30-20-25(33(5,6)7)14-16-28(30)32(27)31-23(3)17-22(2)18-24(31)4;1-19-11-13-27-25(17-19)30(29-22(4)15-21(3)16-23(29)5)26-18-20(2)12-14-28(26)31(27)24-9-7-6-8-10-24;1-19-17-20(2)27(21(3)18-19)28-23-13-7-9-15-25(23)29(22-11-5-4-6-12-22)26-16-10-8-14-24(26)28;3*2-1(3)4;;;/h8-20H,1-7H3;6-18H,1-5H3;4-18H,1-3H3;;;;3*1H/q3*+1;;;;;;/p-3. The van der Waals surface area contributed by atoms with Crippen LogP contribution in [0.2, 0.25) is 0 Å². The Morgan fingerprint density at radius 1 is 0.220 bits per heavy atom. The number of aromatic nitrogens is 3. The molecule has 15 aromatic rings. The molecule has 0 bridgehead atoms. The molecule has 0 saturated carbocycles. The van der Waals surface area contributed by atoms with E-state index >= 15 is 0 Å². The molecule has 0 atom stereocenters. The van der Waals surface area contributed by atoms with Gasteiger partial charge in [0.15, 0.2) is 0 Å². The van der Waals surface area contributed by atoms with E-state index in [0.29, 0.717) is 0 Å². The molecule has 0 radical (unpaired) electrons. The van der Waals surface area contributed by atoms with Crippen LogP contribution in [0.1, 0.15) is 93.1 Å². The second kappa shape index (κ2) is 36.7. The van der Waals surface area contributed by atoms with Crippen LogP contribution in [0, 0.1) is 83.1 Å². The van der Waals surface area contributed by atoms with E-state index in [4.69, 9.17) is 0 Å². The van der Waals surface area contributed by atoms with Gasteiger partial charge in [0.25, 0.3) is 0 Å². The molecule has 0 aliphatic rings. The summed E-state index contributed by atoms with van der Waals surface area (Å²) < 4.78 is 94.2. The molecule has 0 fully saturated rings. The van der Waals surface area contributed by atoms with Crippen LogP contribution in [-0.4, -0.2) is 22.6 Å². The highest BCUT2D eigenvalue weighted by Crippen LogP contribution is 2.43. The van der Waals surface area contributed by atoms with Gasteiger partial charge in [-0.2, -0.15) is 13.7 Å². The lowest BCUT2D eigenvalue weighted by molar-refractivity contribution is -0.538. The van der Waals surface area contributed by atoms with Gasteiger partial charge in [-0.15, -0.1) is 0 Å². The molecule has 0 saturated heterocycles. The van der Waals surface area contributed by atoms with Crippen molar-refractivity contribution in [2.24, 2.45) is 0 Å². The van der Waals surface area contributed by atoms with Gasteiger partial charge in [0, 0.05) is 89.5 Å². The number of benzene rings is 12. The number of rotatable bonds is 6. The number of aryl methyl sites for hydroxylation is 12. The number of hydrogen-bond donors (Lipinski definition) is 0. The molecule has 0 N–H and O–H groups in total. The topological polar surface area (TPSA) is 11.6 Å². The number of hydrogen-bond acceptors (Lipinski definition) is 0. The third-order valence-electron chi connectivity index (χ3n) is 19.0. The Balaban J connectivity index is 0.000000209. The minimum Gasteiger partial charge on any atom is -1.00 e. The maximum atomic E-state index is 9.67. The van der Waals surface area contributed by atoms with Crippen LogP contribution >= 0.6 is 0 Å². The number of fused-ring (bicyclic) bond motifs is 6. The van der Waals surface area contributed by atoms with Crippen LogP contribution < -0.4 is 27.8 Å². The van der Waals surface area contributed by atoms with E-state index in [9.17, 15) is 38.8 Å². The predicted octanol–water partition coefficient (Wildman–Crippen LogP) is 16.5. The average Bonchev–Trinajstić information content (AvgIpc) is 0.739. The highest BCUT2D eigenvalue weighted by Gasteiger charge is 2.30. The summed E-state index contributed by atoms with van der Waals surface area (Å²) >= 11 is 0. The largest absolute Gasteiger partial charge is 1.00 e. The van der Waals surface area contributed by atoms with Crippen LogP contribution in [0.15, 0.2) is 249 Å². The van der Waals surface area contributed by atoms with Gasteiger partial charge in [-0.3, -0.25) is 38.8 Å². The fraction of sp³-hybridized carbons (Fsp3) is 0.176. The first-order chi connectivity index (χ1) is 50.4. The quantitative estimate of drug-likeness (QED) is 0.0681. The zero-order valence-electron chi connectivity index (χ0n) is 63.8. The third kappa shape index (κ3) is 19.3. The Hall–Kier alpha value is -11.0. The van der Waals surface area contributed by atoms with Gasteiger partial charge in [0.2, 0.25) is 50.2 Å². The molecule has 12 aromatic carbocycles. The van der Waals surface area contributed by atoms with E-state index in [1.165, 1.54) is 188 Å². The van der Waals surface area contributed by atoms with Gasteiger partial charge < -0.3 is 14.1 Å². The van der Waals surface area contributed by atoms with Crippen molar-refractivity contribution < 1.29 is 66.7 Å². The summed E-state index contributed by atoms with van der Waals surface area (Å²) in [6.07, 6.45) is 0. The molecule has 3 heterocycles. The molecule has 15 rings (SSSR count). The van der Waals surface area contributed by atoms with Crippen molar-refractivity contribution >= 4 is 88.0 Å². The average molecular weight is 1480 g/mol. The van der Waals surface area contributed by atoms with Crippen molar-refractivity contribution in [3.05, 3.63) is 321 Å². The Kier molecular flexibility index (Phi) is 28.7. The molecule has 18 heteroatoms. The molecule has 3 nitrogen and oxygen atoms in total. The molecular formula is C91H86B3F12N3. The summed E-state index contributed by atoms with van der Waals surface area (Å²) in [5.74, 6) is 0. The molecule has 0 spiro atoms. The minimum absolute atomic E-state index is 0. The summed E-state index contributed by atoms with van der Waals surface area (Å²) in [6, 6.07) is 91.2. The first-order valence-corrected chi connectivity index (χ1v) is 35.3. The summed E-state index contributed by atoms with van der Waals surface area (Å²) in [5, 5.41) is 7.76. The maximum absolute atomic E-state index is 9.67. The lowest BCUT2D eigenvalue weighted by atomic mass is 9.84. The van der Waals surface area contributed by atoms with Crippen molar-refractivity contribution in [3.8, 4) is 50.4 Å². The van der Waals surface area contributed by atoms with Crippen molar-refractivity contribution in [3.63, 3.8) is 0 Å². The summed E-state index contributed by atoms with van der Waals surface area (Å²) in [4.78, 5) is 0. The Labute approximate surface area is 632 Å². The highest BCUT2D eigenvalue weighted by molar-refractivity contribution is 6.33. The van der Waals surface area contributed by atoms with Gasteiger partial charge >= 0.3 is 22.6 Å². The van der Waals surface area contributed by atoms with Gasteiger partial charge in [-0.25, -0.2) is 0 Å². The smallest absolute Gasteiger partial charge is 0.762 e. The zero-order chi connectivity index (χ0) is 76.6. The van der Waals surface area contributed by atoms with Crippen molar-refractivity contribution in [1.29, 1.82) is 0 Å². The van der Waals surface area contributed by atoms with Crippen LogP contribution in [0.4, 0.5) is 38.8 Å². The molecule has 0 aliphatic carbocycles. The Morgan fingerprint density at radius 2 is 0.459 bits per heavy atom. The fourth-order valence-corrected chi connectivity index (χ4v) is 15.2. The Bertz CT molecular complexity index is 5490. The molecule has 0 amide bonds. The zero-order valence-corrected chi connectivity index (χ0v) is 63.8.